The van der Waals surface area contributed by atoms with Gasteiger partial charge in [-0.05, 0) is 36.8 Å². The third kappa shape index (κ3) is 3.41. The topological polar surface area (TPSA) is 87.3 Å². The number of rotatable bonds is 3. The number of aromatic nitrogens is 2. The van der Waals surface area contributed by atoms with E-state index < -0.39 is 0 Å². The minimum atomic E-state index is -0.247. The summed E-state index contributed by atoms with van der Waals surface area (Å²) in [6, 6.07) is 9.02. The molecule has 2 amide bonds. The zero-order chi connectivity index (χ0) is 18.8. The Labute approximate surface area is 156 Å². The van der Waals surface area contributed by atoms with Crippen molar-refractivity contribution >= 4 is 28.5 Å². The van der Waals surface area contributed by atoms with Gasteiger partial charge in [0.25, 0.3) is 11.8 Å². The first-order valence-electron chi connectivity index (χ1n) is 8.84. The summed E-state index contributed by atoms with van der Waals surface area (Å²) in [6.45, 7) is 4.16. The molecule has 2 aromatic heterocycles. The first-order chi connectivity index (χ1) is 13.1. The van der Waals surface area contributed by atoms with Crippen molar-refractivity contribution in [3.63, 3.8) is 0 Å². The summed E-state index contributed by atoms with van der Waals surface area (Å²) >= 11 is 0. The van der Waals surface area contributed by atoms with E-state index in [0.717, 1.165) is 10.9 Å². The van der Waals surface area contributed by atoms with E-state index in [-0.39, 0.29) is 11.8 Å². The van der Waals surface area contributed by atoms with E-state index >= 15 is 0 Å². The third-order valence-corrected chi connectivity index (χ3v) is 4.72. The van der Waals surface area contributed by atoms with Crippen LogP contribution in [0.25, 0.3) is 11.0 Å². The number of aromatic amines is 1. The second-order valence-corrected chi connectivity index (χ2v) is 6.49. The number of nitrogens with zero attached hydrogens (tertiary/aromatic N) is 2. The highest BCUT2D eigenvalue weighted by Gasteiger charge is 2.21. The van der Waals surface area contributed by atoms with Gasteiger partial charge in [0.2, 0.25) is 0 Å². The van der Waals surface area contributed by atoms with Crippen molar-refractivity contribution in [3.8, 4) is 0 Å². The summed E-state index contributed by atoms with van der Waals surface area (Å²) in [6.07, 6.45) is 3.31. The van der Waals surface area contributed by atoms with Gasteiger partial charge in [-0.1, -0.05) is 6.07 Å². The van der Waals surface area contributed by atoms with Crippen LogP contribution in [0, 0.1) is 6.92 Å². The molecule has 1 saturated heterocycles. The van der Waals surface area contributed by atoms with Gasteiger partial charge in [-0.25, -0.2) is 4.98 Å². The number of hydrogen-bond acceptors (Lipinski definition) is 4. The van der Waals surface area contributed by atoms with Crippen molar-refractivity contribution < 1.29 is 14.3 Å². The summed E-state index contributed by atoms with van der Waals surface area (Å²) in [7, 11) is 0. The summed E-state index contributed by atoms with van der Waals surface area (Å²) < 4.78 is 5.31. The van der Waals surface area contributed by atoms with Crippen molar-refractivity contribution in [2.75, 3.05) is 31.6 Å². The van der Waals surface area contributed by atoms with Crippen molar-refractivity contribution in [2.24, 2.45) is 0 Å². The van der Waals surface area contributed by atoms with Crippen LogP contribution in [0.5, 0.6) is 0 Å². The van der Waals surface area contributed by atoms with Crippen LogP contribution >= 0.6 is 0 Å². The predicted octanol–water partition coefficient (Wildman–Crippen LogP) is 2.60. The van der Waals surface area contributed by atoms with Crippen LogP contribution in [-0.2, 0) is 4.74 Å². The fourth-order valence-corrected chi connectivity index (χ4v) is 3.21. The number of nitrogens with one attached hydrogen (secondary N) is 2. The van der Waals surface area contributed by atoms with Crippen LogP contribution in [0.3, 0.4) is 0 Å². The molecule has 0 saturated carbocycles. The van der Waals surface area contributed by atoms with E-state index in [0.29, 0.717) is 48.8 Å². The van der Waals surface area contributed by atoms with E-state index in [4.69, 9.17) is 4.74 Å². The lowest BCUT2D eigenvalue weighted by Crippen LogP contribution is -2.41. The highest BCUT2D eigenvalue weighted by atomic mass is 16.5. The van der Waals surface area contributed by atoms with Crippen LogP contribution in [0.1, 0.15) is 26.3 Å². The summed E-state index contributed by atoms with van der Waals surface area (Å²) in [5.74, 6) is -0.286. The highest BCUT2D eigenvalue weighted by Crippen LogP contribution is 2.21. The lowest BCUT2D eigenvalue weighted by Gasteiger charge is -2.27. The molecule has 7 nitrogen and oxygen atoms in total. The maximum atomic E-state index is 12.8. The molecule has 27 heavy (non-hydrogen) atoms. The van der Waals surface area contributed by atoms with Gasteiger partial charge in [-0.2, -0.15) is 0 Å². The standard InChI is InChI=1S/C20H20N4O3/c1-13-4-5-14(11-16(13)20(26)24-7-9-27-10-8-24)23-19(25)17-12-22-18-15(17)3-2-6-21-18/h2-6,11-12H,7-10H2,1H3,(H,21,22)(H,23,25). The van der Waals surface area contributed by atoms with Gasteiger partial charge in [0.05, 0.1) is 18.8 Å². The molecule has 1 aromatic carbocycles. The van der Waals surface area contributed by atoms with E-state index in [1.807, 2.05) is 19.1 Å². The highest BCUT2D eigenvalue weighted by molar-refractivity contribution is 6.12. The Kier molecular flexibility index (Phi) is 4.60. The van der Waals surface area contributed by atoms with Crippen molar-refractivity contribution in [1.82, 2.24) is 14.9 Å². The number of H-pyrrole nitrogens is 1. The normalized spacial score (nSPS) is 14.3. The van der Waals surface area contributed by atoms with Crippen LogP contribution in [0.15, 0.2) is 42.7 Å². The lowest BCUT2D eigenvalue weighted by molar-refractivity contribution is 0.0302. The van der Waals surface area contributed by atoms with E-state index in [1.54, 1.807) is 35.5 Å². The number of aryl methyl sites for hydroxylation is 1. The fourth-order valence-electron chi connectivity index (χ4n) is 3.21. The minimum Gasteiger partial charge on any atom is -0.378 e. The van der Waals surface area contributed by atoms with Gasteiger partial charge >= 0.3 is 0 Å². The molecule has 3 heterocycles. The molecule has 0 radical (unpaired) electrons. The Hall–Kier alpha value is -3.19. The number of amides is 2. The minimum absolute atomic E-state index is 0.0387. The molecule has 3 aromatic rings. The smallest absolute Gasteiger partial charge is 0.257 e. The predicted molar refractivity (Wildman–Crippen MR) is 102 cm³/mol. The lowest BCUT2D eigenvalue weighted by atomic mass is 10.1. The Morgan fingerprint density at radius 3 is 2.81 bits per heavy atom. The average Bonchev–Trinajstić information content (AvgIpc) is 3.14. The molecule has 0 unspecified atom stereocenters. The largest absolute Gasteiger partial charge is 0.378 e. The van der Waals surface area contributed by atoms with Crippen molar-refractivity contribution in [1.29, 1.82) is 0 Å². The average molecular weight is 364 g/mol. The zero-order valence-corrected chi connectivity index (χ0v) is 15.0. The number of carbonyl (C=O) groups excluding carboxylic acids is 2. The van der Waals surface area contributed by atoms with Crippen molar-refractivity contribution in [2.45, 2.75) is 6.92 Å². The number of morpholine rings is 1. The van der Waals surface area contributed by atoms with Gasteiger partial charge in [-0.3, -0.25) is 9.59 Å². The number of fused-ring (bicyclic) bond motifs is 1. The van der Waals surface area contributed by atoms with Crippen molar-refractivity contribution in [3.05, 3.63) is 59.4 Å². The van der Waals surface area contributed by atoms with Crippen LogP contribution in [0.4, 0.5) is 5.69 Å². The molecule has 1 aliphatic heterocycles. The number of anilines is 1. The first-order valence-corrected chi connectivity index (χ1v) is 8.84. The van der Waals surface area contributed by atoms with Crippen LogP contribution in [-0.4, -0.2) is 53.0 Å². The molecule has 0 bridgehead atoms. The molecule has 2 N–H and O–H groups in total. The van der Waals surface area contributed by atoms with Crippen LogP contribution in [0.2, 0.25) is 0 Å². The summed E-state index contributed by atoms with van der Waals surface area (Å²) in [4.78, 5) is 34.5. The third-order valence-electron chi connectivity index (χ3n) is 4.72. The number of ether oxygens (including phenoxy) is 1. The molecule has 138 valence electrons. The van der Waals surface area contributed by atoms with Gasteiger partial charge in [0, 0.05) is 42.1 Å². The second-order valence-electron chi connectivity index (χ2n) is 6.49. The monoisotopic (exact) mass is 364 g/mol. The van der Waals surface area contributed by atoms with E-state index in [9.17, 15) is 9.59 Å². The summed E-state index contributed by atoms with van der Waals surface area (Å²) in [5, 5.41) is 3.64. The molecule has 1 fully saturated rings. The fraction of sp³-hybridized carbons (Fsp3) is 0.250. The quantitative estimate of drug-likeness (QED) is 0.748. The Balaban J connectivity index is 1.57. The maximum Gasteiger partial charge on any atom is 0.257 e. The first kappa shape index (κ1) is 17.2. The molecule has 0 spiro atoms. The molecular weight excluding hydrogens is 344 g/mol. The Morgan fingerprint density at radius 2 is 2.00 bits per heavy atom. The Morgan fingerprint density at radius 1 is 1.19 bits per heavy atom. The van der Waals surface area contributed by atoms with E-state index in [2.05, 4.69) is 15.3 Å². The summed E-state index contributed by atoms with van der Waals surface area (Å²) in [5.41, 5.74) is 3.23. The molecule has 0 atom stereocenters. The number of carbonyl (C=O) groups is 2. The molecule has 1 aliphatic rings. The zero-order valence-electron chi connectivity index (χ0n) is 15.0. The Bertz CT molecular complexity index is 1010. The maximum absolute atomic E-state index is 12.8. The van der Waals surface area contributed by atoms with Gasteiger partial charge in [0.15, 0.2) is 0 Å². The molecule has 4 rings (SSSR count). The SMILES string of the molecule is Cc1ccc(NC(=O)c2c[nH]c3ncccc23)cc1C(=O)N1CCOCC1. The number of pyridine rings is 1. The van der Waals surface area contributed by atoms with Gasteiger partial charge in [0.1, 0.15) is 5.65 Å². The number of benzene rings is 1. The van der Waals surface area contributed by atoms with Crippen LogP contribution < -0.4 is 5.32 Å². The van der Waals surface area contributed by atoms with E-state index in [1.165, 1.54) is 0 Å². The molecule has 7 heteroatoms. The molecular formula is C20H20N4O3. The van der Waals surface area contributed by atoms with Gasteiger partial charge < -0.3 is 19.9 Å². The molecule has 0 aliphatic carbocycles. The number of hydrogen-bond donors (Lipinski definition) is 2. The van der Waals surface area contributed by atoms with Gasteiger partial charge in [-0.15, -0.1) is 0 Å². The second kappa shape index (κ2) is 7.20.